The Labute approximate surface area is 241 Å². The van der Waals surface area contributed by atoms with Crippen LogP contribution in [0.3, 0.4) is 0 Å². The second-order valence-corrected chi connectivity index (χ2v) is 11.6. The summed E-state index contributed by atoms with van der Waals surface area (Å²) in [6, 6.07) is 14.9. The average molecular weight is 601 g/mol. The van der Waals surface area contributed by atoms with E-state index in [2.05, 4.69) is 34.4 Å². The number of thiazole rings is 1. The van der Waals surface area contributed by atoms with Gasteiger partial charge in [0.25, 0.3) is 5.56 Å². The van der Waals surface area contributed by atoms with Gasteiger partial charge >= 0.3 is 6.18 Å². The van der Waals surface area contributed by atoms with Gasteiger partial charge in [-0.15, -0.1) is 11.3 Å². The van der Waals surface area contributed by atoms with Gasteiger partial charge in [-0.05, 0) is 29.7 Å². The van der Waals surface area contributed by atoms with Crippen molar-refractivity contribution in [2.24, 2.45) is 5.16 Å². The number of aromatic nitrogens is 2. The van der Waals surface area contributed by atoms with Crippen molar-refractivity contribution in [3.8, 4) is 0 Å². The highest BCUT2D eigenvalue weighted by molar-refractivity contribution is 7.13. The number of carbonyl (C=O) groups is 1. The standard InChI is InChI=1S/C29H24ClF3N4O3S/c30-19-12-22(29(31,32)33)28(39)37(15-19)16-26(38)36-10-8-18(9-11-36)27-34-14-25(41-27)23-13-24(40-35-23)21-7-3-5-17-4-1-2-6-20(17)21/h1-7,12,14-15,18,24H,8-11,13,16H2. The molecule has 12 heteroatoms. The van der Waals surface area contributed by atoms with E-state index in [9.17, 15) is 22.8 Å². The summed E-state index contributed by atoms with van der Waals surface area (Å²) in [6.07, 6.45) is -0.213. The van der Waals surface area contributed by atoms with Gasteiger partial charge in [0.05, 0.1) is 14.9 Å². The normalized spacial score (nSPS) is 18.0. The zero-order chi connectivity index (χ0) is 28.7. The number of pyridine rings is 1. The fourth-order valence-corrected chi connectivity index (χ4v) is 6.68. The van der Waals surface area contributed by atoms with Crippen LogP contribution in [0.15, 0.2) is 70.9 Å². The summed E-state index contributed by atoms with van der Waals surface area (Å²) in [5, 5.41) is 7.35. The molecule has 0 spiro atoms. The van der Waals surface area contributed by atoms with Crippen molar-refractivity contribution < 1.29 is 22.8 Å². The molecule has 1 amide bonds. The first-order valence-electron chi connectivity index (χ1n) is 13.1. The Morgan fingerprint density at radius 2 is 1.88 bits per heavy atom. The van der Waals surface area contributed by atoms with Gasteiger partial charge in [-0.25, -0.2) is 4.98 Å². The van der Waals surface area contributed by atoms with Gasteiger partial charge in [0, 0.05) is 43.4 Å². The van der Waals surface area contributed by atoms with Crippen molar-refractivity contribution >= 4 is 45.3 Å². The first kappa shape index (κ1) is 27.5. The minimum absolute atomic E-state index is 0.139. The topological polar surface area (TPSA) is 76.8 Å². The molecule has 0 aliphatic carbocycles. The molecule has 1 unspecified atom stereocenters. The molecular weight excluding hydrogens is 577 g/mol. The van der Waals surface area contributed by atoms with Crippen molar-refractivity contribution in [3.63, 3.8) is 0 Å². The van der Waals surface area contributed by atoms with Crippen LogP contribution in [0.1, 0.15) is 52.3 Å². The zero-order valence-corrected chi connectivity index (χ0v) is 23.2. The third kappa shape index (κ3) is 5.60. The van der Waals surface area contributed by atoms with Gasteiger partial charge in [0.15, 0.2) is 6.10 Å². The predicted octanol–water partition coefficient (Wildman–Crippen LogP) is 6.40. The van der Waals surface area contributed by atoms with Gasteiger partial charge in [-0.3, -0.25) is 9.59 Å². The molecule has 2 aromatic carbocycles. The number of hydrogen-bond donors (Lipinski definition) is 0. The summed E-state index contributed by atoms with van der Waals surface area (Å²) in [7, 11) is 0. The zero-order valence-electron chi connectivity index (χ0n) is 21.6. The van der Waals surface area contributed by atoms with E-state index in [1.807, 2.05) is 24.4 Å². The number of hydrogen-bond acceptors (Lipinski definition) is 6. The molecule has 2 aromatic heterocycles. The van der Waals surface area contributed by atoms with E-state index < -0.39 is 29.8 Å². The predicted molar refractivity (Wildman–Crippen MR) is 150 cm³/mol. The van der Waals surface area contributed by atoms with E-state index in [1.165, 1.54) is 0 Å². The molecule has 4 heterocycles. The van der Waals surface area contributed by atoms with Crippen LogP contribution in [0.5, 0.6) is 0 Å². The maximum Gasteiger partial charge on any atom is 0.421 e. The second-order valence-electron chi connectivity index (χ2n) is 10.1. The first-order chi connectivity index (χ1) is 19.7. The number of piperidine rings is 1. The summed E-state index contributed by atoms with van der Waals surface area (Å²) in [5.74, 6) is -0.294. The minimum Gasteiger partial charge on any atom is -0.387 e. The van der Waals surface area contributed by atoms with Crippen LogP contribution in [0.2, 0.25) is 5.02 Å². The van der Waals surface area contributed by atoms with Crippen molar-refractivity contribution in [1.82, 2.24) is 14.5 Å². The Hall–Kier alpha value is -3.70. The van der Waals surface area contributed by atoms with Crippen LogP contribution < -0.4 is 5.56 Å². The molecule has 0 bridgehead atoms. The molecule has 7 nitrogen and oxygen atoms in total. The van der Waals surface area contributed by atoms with Crippen molar-refractivity contribution in [2.45, 2.75) is 44.0 Å². The highest BCUT2D eigenvalue weighted by Crippen LogP contribution is 2.37. The number of amides is 1. The van der Waals surface area contributed by atoms with E-state index in [0.717, 1.165) is 42.7 Å². The molecule has 0 saturated carbocycles. The summed E-state index contributed by atoms with van der Waals surface area (Å²) < 4.78 is 40.2. The van der Waals surface area contributed by atoms with Gasteiger partial charge in [-0.2, -0.15) is 13.2 Å². The molecule has 1 atom stereocenters. The Morgan fingerprint density at radius 3 is 2.66 bits per heavy atom. The molecular formula is C29H24ClF3N4O3S. The fraction of sp³-hybridized carbons (Fsp3) is 0.310. The molecule has 2 aliphatic rings. The first-order valence-corrected chi connectivity index (χ1v) is 14.3. The van der Waals surface area contributed by atoms with Crippen LogP contribution in [0.4, 0.5) is 13.2 Å². The number of oxime groups is 1. The van der Waals surface area contributed by atoms with E-state index in [1.54, 1.807) is 16.2 Å². The van der Waals surface area contributed by atoms with Crippen LogP contribution in [0.25, 0.3) is 10.8 Å². The van der Waals surface area contributed by atoms with Crippen LogP contribution in [-0.2, 0) is 22.4 Å². The van der Waals surface area contributed by atoms with E-state index in [4.69, 9.17) is 16.4 Å². The van der Waals surface area contributed by atoms with Crippen molar-refractivity contribution in [3.05, 3.63) is 97.3 Å². The van der Waals surface area contributed by atoms with Crippen LogP contribution in [0, 0.1) is 0 Å². The Morgan fingerprint density at radius 1 is 1.12 bits per heavy atom. The SMILES string of the molecule is O=C(Cn1cc(Cl)cc(C(F)(F)F)c1=O)N1CCC(c2ncc(C3=NOC(c4cccc5ccccc45)C3)s2)CC1. The largest absolute Gasteiger partial charge is 0.421 e. The van der Waals surface area contributed by atoms with E-state index >= 15 is 0 Å². The molecule has 4 aromatic rings. The number of likely N-dealkylation sites (tertiary alicyclic amines) is 1. The number of benzene rings is 2. The lowest BCUT2D eigenvalue weighted by atomic mass is 9.97. The van der Waals surface area contributed by atoms with Gasteiger partial charge < -0.3 is 14.3 Å². The van der Waals surface area contributed by atoms with E-state index in [-0.39, 0.29) is 17.0 Å². The van der Waals surface area contributed by atoms with Crippen LogP contribution in [-0.4, -0.2) is 39.2 Å². The minimum atomic E-state index is -4.86. The fourth-order valence-electron chi connectivity index (χ4n) is 5.37. The molecule has 0 radical (unpaired) electrons. The molecule has 6 rings (SSSR count). The third-order valence-corrected chi connectivity index (χ3v) is 8.92. The molecule has 1 fully saturated rings. The Kier molecular flexibility index (Phi) is 7.33. The smallest absolute Gasteiger partial charge is 0.387 e. The highest BCUT2D eigenvalue weighted by atomic mass is 35.5. The summed E-state index contributed by atoms with van der Waals surface area (Å²) in [4.78, 5) is 38.1. The van der Waals surface area contributed by atoms with Gasteiger partial charge in [0.2, 0.25) is 5.91 Å². The maximum atomic E-state index is 13.2. The average Bonchev–Trinajstić information content (AvgIpc) is 3.64. The maximum absolute atomic E-state index is 13.2. The molecule has 1 saturated heterocycles. The Balaban J connectivity index is 1.07. The van der Waals surface area contributed by atoms with Crippen LogP contribution >= 0.6 is 22.9 Å². The lowest BCUT2D eigenvalue weighted by Gasteiger charge is -2.31. The highest BCUT2D eigenvalue weighted by Gasteiger charge is 2.35. The van der Waals surface area contributed by atoms with E-state index in [0.29, 0.717) is 38.4 Å². The van der Waals surface area contributed by atoms with Gasteiger partial charge in [0.1, 0.15) is 17.8 Å². The molecule has 0 N–H and O–H groups in total. The van der Waals surface area contributed by atoms with Crippen molar-refractivity contribution in [1.29, 1.82) is 0 Å². The summed E-state index contributed by atoms with van der Waals surface area (Å²) in [5.41, 5.74) is -0.735. The lowest BCUT2D eigenvalue weighted by molar-refractivity contribution is -0.139. The molecule has 212 valence electrons. The number of fused-ring (bicyclic) bond motifs is 1. The summed E-state index contributed by atoms with van der Waals surface area (Å²) >= 11 is 7.35. The van der Waals surface area contributed by atoms with Crippen molar-refractivity contribution in [2.75, 3.05) is 13.1 Å². The summed E-state index contributed by atoms with van der Waals surface area (Å²) in [6.45, 7) is 0.312. The van der Waals surface area contributed by atoms with Gasteiger partial charge in [-0.1, -0.05) is 59.2 Å². The monoisotopic (exact) mass is 600 g/mol. The molecule has 2 aliphatic heterocycles. The number of nitrogens with zero attached hydrogens (tertiary/aromatic N) is 4. The Bertz CT molecular complexity index is 1700. The second kappa shape index (κ2) is 10.9. The third-order valence-electron chi connectivity index (χ3n) is 7.51. The number of rotatable bonds is 5. The lowest BCUT2D eigenvalue weighted by Crippen LogP contribution is -2.41. The number of halogens is 4. The number of alkyl halides is 3. The quantitative estimate of drug-likeness (QED) is 0.266. The molecule has 41 heavy (non-hydrogen) atoms. The number of carbonyl (C=O) groups excluding carboxylic acids is 1.